The van der Waals surface area contributed by atoms with Crippen LogP contribution in [0.1, 0.15) is 44.7 Å². The molecule has 0 aromatic heterocycles. The molecule has 4 rings (SSSR count). The Kier molecular flexibility index (Phi) is 5.33. The first-order valence-electron chi connectivity index (χ1n) is 9.68. The zero-order valence-electron chi connectivity index (χ0n) is 16.3. The average Bonchev–Trinajstić information content (AvgIpc) is 3.08. The molecule has 9 heteroatoms. The van der Waals surface area contributed by atoms with Crippen LogP contribution in [0.5, 0.6) is 0 Å². The Morgan fingerprint density at radius 2 is 1.90 bits per heavy atom. The second-order valence-electron chi connectivity index (χ2n) is 7.37. The highest BCUT2D eigenvalue weighted by Gasteiger charge is 2.39. The molecule has 2 N–H and O–H groups in total. The molecule has 4 amide bonds. The molecule has 0 aliphatic carbocycles. The Balaban J connectivity index is 1.47. The van der Waals surface area contributed by atoms with Crippen molar-refractivity contribution in [1.82, 2.24) is 15.5 Å². The fourth-order valence-corrected chi connectivity index (χ4v) is 3.83. The largest absolute Gasteiger partial charge is 0.345 e. The van der Waals surface area contributed by atoms with Gasteiger partial charge >= 0.3 is 0 Å². The van der Waals surface area contributed by atoms with Crippen molar-refractivity contribution in [2.45, 2.75) is 32.0 Å². The Morgan fingerprint density at radius 1 is 1.13 bits per heavy atom. The van der Waals surface area contributed by atoms with E-state index in [0.29, 0.717) is 16.7 Å². The Hall–Kier alpha value is -3.88. The molecule has 0 bridgehead atoms. The average molecular weight is 423 g/mol. The van der Waals surface area contributed by atoms with Crippen molar-refractivity contribution in [2.75, 3.05) is 0 Å². The standard InChI is InChI=1S/C22H18FN3O5/c23-14-5-1-3-12(9-14)19(28)21(30)24-10-13-4-2-6-15-16(13)11-26(22(15)31)17-7-8-18(27)25-20(17)29/h1-6,9,17H,7-8,10-11H2,(H,24,30)(H,25,27,29). The molecule has 2 heterocycles. The summed E-state index contributed by atoms with van der Waals surface area (Å²) in [6.07, 6.45) is 0.403. The molecular formula is C22H18FN3O5. The van der Waals surface area contributed by atoms with Gasteiger partial charge in [0.1, 0.15) is 11.9 Å². The molecule has 2 aliphatic heterocycles. The third kappa shape index (κ3) is 3.94. The van der Waals surface area contributed by atoms with E-state index in [2.05, 4.69) is 10.6 Å². The minimum Gasteiger partial charge on any atom is -0.345 e. The van der Waals surface area contributed by atoms with Gasteiger partial charge in [0, 0.05) is 30.6 Å². The van der Waals surface area contributed by atoms with Crippen LogP contribution < -0.4 is 10.6 Å². The number of nitrogens with zero attached hydrogens (tertiary/aromatic N) is 1. The highest BCUT2D eigenvalue weighted by molar-refractivity contribution is 6.42. The highest BCUT2D eigenvalue weighted by Crippen LogP contribution is 2.29. The van der Waals surface area contributed by atoms with Gasteiger partial charge in [-0.25, -0.2) is 4.39 Å². The van der Waals surface area contributed by atoms with Crippen LogP contribution >= 0.6 is 0 Å². The summed E-state index contributed by atoms with van der Waals surface area (Å²) in [7, 11) is 0. The van der Waals surface area contributed by atoms with Crippen LogP contribution in [0.3, 0.4) is 0 Å². The maximum atomic E-state index is 13.3. The van der Waals surface area contributed by atoms with Crippen molar-refractivity contribution >= 4 is 29.4 Å². The van der Waals surface area contributed by atoms with Crippen LogP contribution in [0, 0.1) is 5.82 Å². The number of imide groups is 1. The van der Waals surface area contributed by atoms with E-state index in [1.54, 1.807) is 18.2 Å². The monoisotopic (exact) mass is 423 g/mol. The van der Waals surface area contributed by atoms with E-state index in [-0.39, 0.29) is 43.3 Å². The number of hydrogen-bond donors (Lipinski definition) is 2. The van der Waals surface area contributed by atoms with Gasteiger partial charge in [0.2, 0.25) is 17.6 Å². The van der Waals surface area contributed by atoms with Crippen LogP contribution in [0.15, 0.2) is 42.5 Å². The SMILES string of the molecule is O=C1CCC(N2Cc3c(CNC(=O)C(=O)c4cccc(F)c4)cccc3C2=O)C(=O)N1. The van der Waals surface area contributed by atoms with Gasteiger partial charge in [0.05, 0.1) is 0 Å². The van der Waals surface area contributed by atoms with E-state index in [9.17, 15) is 28.4 Å². The number of rotatable bonds is 5. The number of amides is 4. The third-order valence-corrected chi connectivity index (χ3v) is 5.41. The van der Waals surface area contributed by atoms with Crippen molar-refractivity contribution in [1.29, 1.82) is 0 Å². The van der Waals surface area contributed by atoms with E-state index in [1.807, 2.05) is 0 Å². The van der Waals surface area contributed by atoms with Crippen LogP contribution in [0.2, 0.25) is 0 Å². The van der Waals surface area contributed by atoms with Gasteiger partial charge in [-0.05, 0) is 35.7 Å². The predicted octanol–water partition coefficient (Wildman–Crippen LogP) is 1.09. The van der Waals surface area contributed by atoms with Gasteiger partial charge < -0.3 is 10.2 Å². The first-order valence-corrected chi connectivity index (χ1v) is 9.68. The normalized spacial score (nSPS) is 17.9. The molecule has 2 aromatic carbocycles. The van der Waals surface area contributed by atoms with Crippen molar-refractivity contribution in [3.05, 3.63) is 70.5 Å². The van der Waals surface area contributed by atoms with Gasteiger partial charge in [-0.1, -0.05) is 24.3 Å². The van der Waals surface area contributed by atoms with E-state index < -0.39 is 29.5 Å². The number of benzene rings is 2. The summed E-state index contributed by atoms with van der Waals surface area (Å²) in [6, 6.07) is 9.11. The molecule has 1 saturated heterocycles. The molecule has 1 unspecified atom stereocenters. The van der Waals surface area contributed by atoms with Gasteiger partial charge in [-0.2, -0.15) is 0 Å². The van der Waals surface area contributed by atoms with Crippen molar-refractivity contribution in [3.63, 3.8) is 0 Å². The van der Waals surface area contributed by atoms with Crippen LogP contribution in [0.25, 0.3) is 0 Å². The second-order valence-corrected chi connectivity index (χ2v) is 7.37. The number of Topliss-reactive ketones (excluding diaryl/α,β-unsaturated/α-hetero) is 1. The summed E-state index contributed by atoms with van der Waals surface area (Å²) in [5.41, 5.74) is 1.62. The van der Waals surface area contributed by atoms with Gasteiger partial charge in [0.15, 0.2) is 0 Å². The molecular weight excluding hydrogens is 405 g/mol. The predicted molar refractivity (Wildman–Crippen MR) is 105 cm³/mol. The number of ketones is 1. The molecule has 31 heavy (non-hydrogen) atoms. The van der Waals surface area contributed by atoms with Crippen LogP contribution in [-0.4, -0.2) is 40.4 Å². The third-order valence-electron chi connectivity index (χ3n) is 5.41. The van der Waals surface area contributed by atoms with Gasteiger partial charge in [-0.3, -0.25) is 29.3 Å². The molecule has 0 spiro atoms. The molecule has 8 nitrogen and oxygen atoms in total. The Morgan fingerprint density at radius 3 is 2.65 bits per heavy atom. The zero-order valence-corrected chi connectivity index (χ0v) is 16.3. The first kappa shape index (κ1) is 20.4. The quantitative estimate of drug-likeness (QED) is 0.425. The van der Waals surface area contributed by atoms with E-state index in [0.717, 1.165) is 6.07 Å². The number of fused-ring (bicyclic) bond motifs is 1. The lowest BCUT2D eigenvalue weighted by molar-refractivity contribution is -0.136. The maximum Gasteiger partial charge on any atom is 0.292 e. The van der Waals surface area contributed by atoms with Gasteiger partial charge in [-0.15, -0.1) is 0 Å². The summed E-state index contributed by atoms with van der Waals surface area (Å²) in [6.45, 7) is 0.143. The Bertz CT molecular complexity index is 1130. The number of halogens is 1. The lowest BCUT2D eigenvalue weighted by atomic mass is 10.0. The molecule has 1 atom stereocenters. The van der Waals surface area contributed by atoms with E-state index in [1.165, 1.54) is 23.1 Å². The van der Waals surface area contributed by atoms with E-state index >= 15 is 0 Å². The summed E-state index contributed by atoms with van der Waals surface area (Å²) >= 11 is 0. The minimum absolute atomic E-state index is 0.0144. The molecule has 1 fully saturated rings. The number of hydrogen-bond acceptors (Lipinski definition) is 5. The zero-order chi connectivity index (χ0) is 22.1. The van der Waals surface area contributed by atoms with Crippen molar-refractivity contribution in [3.8, 4) is 0 Å². The topological polar surface area (TPSA) is 113 Å². The highest BCUT2D eigenvalue weighted by atomic mass is 19.1. The summed E-state index contributed by atoms with van der Waals surface area (Å²) in [5.74, 6) is -3.58. The molecule has 158 valence electrons. The smallest absolute Gasteiger partial charge is 0.292 e. The maximum absolute atomic E-state index is 13.3. The van der Waals surface area contributed by atoms with E-state index in [4.69, 9.17) is 0 Å². The number of carbonyl (C=O) groups excluding carboxylic acids is 5. The van der Waals surface area contributed by atoms with Crippen LogP contribution in [-0.2, 0) is 27.5 Å². The summed E-state index contributed by atoms with van der Waals surface area (Å²) in [5, 5.41) is 4.75. The lowest BCUT2D eigenvalue weighted by Gasteiger charge is -2.29. The van der Waals surface area contributed by atoms with Gasteiger partial charge in [0.25, 0.3) is 11.8 Å². The lowest BCUT2D eigenvalue weighted by Crippen LogP contribution is -2.52. The first-order chi connectivity index (χ1) is 14.8. The molecule has 0 radical (unpaired) electrons. The molecule has 2 aromatic rings. The second kappa shape index (κ2) is 8.10. The fourth-order valence-electron chi connectivity index (χ4n) is 3.83. The Labute approximate surface area is 176 Å². The number of nitrogens with one attached hydrogen (secondary N) is 2. The molecule has 2 aliphatic rings. The summed E-state index contributed by atoms with van der Waals surface area (Å²) in [4.78, 5) is 62.2. The number of piperidine rings is 1. The van der Waals surface area contributed by atoms with Crippen molar-refractivity contribution in [2.24, 2.45) is 0 Å². The number of carbonyl (C=O) groups is 5. The molecule has 0 saturated carbocycles. The van der Waals surface area contributed by atoms with Crippen molar-refractivity contribution < 1.29 is 28.4 Å². The minimum atomic E-state index is -0.894. The summed E-state index contributed by atoms with van der Waals surface area (Å²) < 4.78 is 13.3. The van der Waals surface area contributed by atoms with Crippen LogP contribution in [0.4, 0.5) is 4.39 Å². The fraction of sp³-hybridized carbons (Fsp3) is 0.227.